The maximum Gasteiger partial charge on any atom is 0.319 e. The van der Waals surface area contributed by atoms with Gasteiger partial charge in [-0.2, -0.15) is 0 Å². The smallest absolute Gasteiger partial charge is 0.319 e. The van der Waals surface area contributed by atoms with Crippen molar-refractivity contribution in [3.63, 3.8) is 0 Å². The zero-order chi connectivity index (χ0) is 19.5. The minimum Gasteiger partial charge on any atom is -0.489 e. The Labute approximate surface area is 164 Å². The number of benzene rings is 2. The van der Waals surface area contributed by atoms with E-state index in [4.69, 9.17) is 4.74 Å². The molecule has 0 radical (unpaired) electrons. The van der Waals surface area contributed by atoms with Crippen molar-refractivity contribution in [2.24, 2.45) is 0 Å². The summed E-state index contributed by atoms with van der Waals surface area (Å²) in [5, 5.41) is 5.67. The van der Waals surface area contributed by atoms with Crippen molar-refractivity contribution in [3.05, 3.63) is 77.0 Å². The fraction of sp³-hybridized carbons (Fsp3) is 0.273. The summed E-state index contributed by atoms with van der Waals surface area (Å²) in [5.41, 5.74) is 3.29. The summed E-state index contributed by atoms with van der Waals surface area (Å²) in [4.78, 5) is 26.7. The fourth-order valence-corrected chi connectivity index (χ4v) is 3.63. The molecule has 2 aliphatic heterocycles. The number of hydrogen-bond acceptors (Lipinski definition) is 3. The van der Waals surface area contributed by atoms with E-state index < -0.39 is 6.04 Å². The molecule has 2 aromatic rings. The van der Waals surface area contributed by atoms with E-state index in [-0.39, 0.29) is 11.9 Å². The molecule has 0 saturated carbocycles. The van der Waals surface area contributed by atoms with Crippen LogP contribution in [-0.2, 0) is 11.4 Å². The summed E-state index contributed by atoms with van der Waals surface area (Å²) >= 11 is 0. The van der Waals surface area contributed by atoms with E-state index in [1.165, 1.54) is 0 Å². The van der Waals surface area contributed by atoms with Crippen LogP contribution in [0.5, 0.6) is 5.75 Å². The van der Waals surface area contributed by atoms with Gasteiger partial charge in [0.15, 0.2) is 0 Å². The first-order valence-corrected chi connectivity index (χ1v) is 9.52. The molecule has 3 amide bonds. The minimum absolute atomic E-state index is 0.0150. The molecule has 6 nitrogen and oxygen atoms in total. The third-order valence-electron chi connectivity index (χ3n) is 4.98. The number of rotatable bonds is 6. The van der Waals surface area contributed by atoms with Crippen molar-refractivity contribution in [2.75, 3.05) is 13.1 Å². The first-order valence-electron chi connectivity index (χ1n) is 9.52. The predicted molar refractivity (Wildman–Crippen MR) is 106 cm³/mol. The highest BCUT2D eigenvalue weighted by molar-refractivity contribution is 6.01. The van der Waals surface area contributed by atoms with E-state index in [1.807, 2.05) is 61.5 Å². The lowest BCUT2D eigenvalue weighted by Crippen LogP contribution is -2.44. The van der Waals surface area contributed by atoms with Crippen LogP contribution in [0, 0.1) is 0 Å². The average Bonchev–Trinajstić information content (AvgIpc) is 3.02. The van der Waals surface area contributed by atoms with Gasteiger partial charge in [-0.3, -0.25) is 4.79 Å². The van der Waals surface area contributed by atoms with Crippen LogP contribution in [0.2, 0.25) is 0 Å². The minimum atomic E-state index is -0.443. The molecule has 2 aromatic carbocycles. The Morgan fingerprint density at radius 1 is 1.07 bits per heavy atom. The highest BCUT2D eigenvalue weighted by Crippen LogP contribution is 2.33. The Morgan fingerprint density at radius 2 is 1.82 bits per heavy atom. The normalized spacial score (nSPS) is 18.6. The summed E-state index contributed by atoms with van der Waals surface area (Å²) in [6.45, 7) is 3.67. The number of urea groups is 1. The second kappa shape index (κ2) is 7.76. The lowest BCUT2D eigenvalue weighted by Gasteiger charge is -2.25. The quantitative estimate of drug-likeness (QED) is 0.813. The molecule has 2 N–H and O–H groups in total. The van der Waals surface area contributed by atoms with Crippen molar-refractivity contribution in [2.45, 2.75) is 26.0 Å². The molecule has 144 valence electrons. The number of amides is 3. The van der Waals surface area contributed by atoms with Gasteiger partial charge >= 0.3 is 6.03 Å². The van der Waals surface area contributed by atoms with Crippen molar-refractivity contribution in [1.29, 1.82) is 0 Å². The fourth-order valence-electron chi connectivity index (χ4n) is 3.63. The van der Waals surface area contributed by atoms with Crippen LogP contribution in [0.1, 0.15) is 30.5 Å². The summed E-state index contributed by atoms with van der Waals surface area (Å²) < 4.78 is 5.83. The Hall–Kier alpha value is -3.28. The average molecular weight is 377 g/mol. The number of nitrogens with one attached hydrogen (secondary N) is 2. The number of hydrogen-bond donors (Lipinski definition) is 2. The third-order valence-corrected chi connectivity index (χ3v) is 4.98. The Morgan fingerprint density at radius 3 is 2.54 bits per heavy atom. The Balaban J connectivity index is 1.50. The van der Waals surface area contributed by atoms with Crippen LogP contribution in [0.25, 0.3) is 0 Å². The standard InChI is InChI=1S/C22H23N3O3/c1-2-12-25-13-18-19(21(25)26)20(24-22(27)23-18)16-8-10-17(11-9-16)28-14-15-6-4-3-5-7-15/h3-11,20H,2,12-14H2,1H3,(H2,23,24,27)/t20-/m0/s1. The first-order chi connectivity index (χ1) is 13.7. The molecule has 6 heteroatoms. The SMILES string of the molecule is CCCN1CC2=C(C1=O)[C@H](c1ccc(OCc3ccccc3)cc1)NC(=O)N2. The van der Waals surface area contributed by atoms with E-state index in [9.17, 15) is 9.59 Å². The zero-order valence-corrected chi connectivity index (χ0v) is 15.8. The van der Waals surface area contributed by atoms with Gasteiger partial charge in [0, 0.05) is 6.54 Å². The maximum absolute atomic E-state index is 12.8. The van der Waals surface area contributed by atoms with Gasteiger partial charge in [-0.15, -0.1) is 0 Å². The highest BCUT2D eigenvalue weighted by Gasteiger charge is 2.39. The molecule has 2 heterocycles. The van der Waals surface area contributed by atoms with Crippen molar-refractivity contribution < 1.29 is 14.3 Å². The topological polar surface area (TPSA) is 70.7 Å². The van der Waals surface area contributed by atoms with Crippen LogP contribution < -0.4 is 15.4 Å². The first kappa shape index (κ1) is 18.1. The number of carbonyl (C=O) groups is 2. The van der Waals surface area contributed by atoms with Crippen molar-refractivity contribution in [3.8, 4) is 5.75 Å². The van der Waals surface area contributed by atoms with E-state index in [0.717, 1.165) is 23.3 Å². The van der Waals surface area contributed by atoms with E-state index >= 15 is 0 Å². The maximum atomic E-state index is 12.8. The number of nitrogens with zero attached hydrogens (tertiary/aromatic N) is 1. The predicted octanol–water partition coefficient (Wildman–Crippen LogP) is 3.13. The summed E-state index contributed by atoms with van der Waals surface area (Å²) in [7, 11) is 0. The van der Waals surface area contributed by atoms with E-state index in [1.54, 1.807) is 4.90 Å². The van der Waals surface area contributed by atoms with Gasteiger partial charge in [0.05, 0.1) is 23.9 Å². The second-order valence-electron chi connectivity index (χ2n) is 6.99. The van der Waals surface area contributed by atoms with Gasteiger partial charge < -0.3 is 20.3 Å². The van der Waals surface area contributed by atoms with Gasteiger partial charge in [-0.25, -0.2) is 4.79 Å². The molecule has 1 atom stereocenters. The van der Waals surface area contributed by atoms with Crippen molar-refractivity contribution in [1.82, 2.24) is 15.5 Å². The van der Waals surface area contributed by atoms with Crippen LogP contribution in [-0.4, -0.2) is 29.9 Å². The molecule has 0 aromatic heterocycles. The Kier molecular flexibility index (Phi) is 5.02. The Bertz CT molecular complexity index is 906. The van der Waals surface area contributed by atoms with E-state index in [2.05, 4.69) is 10.6 Å². The lowest BCUT2D eigenvalue weighted by atomic mass is 9.96. The van der Waals surface area contributed by atoms with Gasteiger partial charge in [-0.05, 0) is 29.7 Å². The molecule has 0 bridgehead atoms. The van der Waals surface area contributed by atoms with Gasteiger partial charge in [0.2, 0.25) is 0 Å². The summed E-state index contributed by atoms with van der Waals surface area (Å²) in [6.07, 6.45) is 0.881. The molecule has 0 unspecified atom stereocenters. The van der Waals surface area contributed by atoms with E-state index in [0.29, 0.717) is 31.0 Å². The summed E-state index contributed by atoms with van der Waals surface area (Å²) in [5.74, 6) is 0.728. The van der Waals surface area contributed by atoms with Gasteiger partial charge in [-0.1, -0.05) is 49.4 Å². The highest BCUT2D eigenvalue weighted by atomic mass is 16.5. The second-order valence-corrected chi connectivity index (χ2v) is 6.99. The van der Waals surface area contributed by atoms with Crippen LogP contribution in [0.4, 0.5) is 4.79 Å². The molecule has 4 rings (SSSR count). The van der Waals surface area contributed by atoms with Crippen LogP contribution in [0.3, 0.4) is 0 Å². The van der Waals surface area contributed by atoms with Crippen LogP contribution in [0.15, 0.2) is 65.9 Å². The van der Waals surface area contributed by atoms with Gasteiger partial charge in [0.1, 0.15) is 12.4 Å². The number of ether oxygens (including phenoxy) is 1. The lowest BCUT2D eigenvalue weighted by molar-refractivity contribution is -0.125. The molecule has 0 fully saturated rings. The molecular weight excluding hydrogens is 354 g/mol. The largest absolute Gasteiger partial charge is 0.489 e. The molecule has 0 saturated heterocycles. The monoisotopic (exact) mass is 377 g/mol. The van der Waals surface area contributed by atoms with Crippen molar-refractivity contribution >= 4 is 11.9 Å². The number of carbonyl (C=O) groups excluding carboxylic acids is 2. The summed E-state index contributed by atoms with van der Waals surface area (Å²) in [6, 6.07) is 16.8. The third kappa shape index (κ3) is 3.58. The zero-order valence-electron chi connectivity index (χ0n) is 15.8. The molecule has 2 aliphatic rings. The molecule has 28 heavy (non-hydrogen) atoms. The molecule has 0 spiro atoms. The molecule has 0 aliphatic carbocycles. The van der Waals surface area contributed by atoms with Crippen LogP contribution >= 0.6 is 0 Å². The molecular formula is C22H23N3O3. The van der Waals surface area contributed by atoms with Gasteiger partial charge in [0.25, 0.3) is 5.91 Å².